The van der Waals surface area contributed by atoms with Crippen LogP contribution in [0.5, 0.6) is 11.5 Å². The summed E-state index contributed by atoms with van der Waals surface area (Å²) in [7, 11) is 0. The molecule has 0 aliphatic carbocycles. The molecule has 29 heavy (non-hydrogen) atoms. The lowest BCUT2D eigenvalue weighted by molar-refractivity contribution is 0.102. The highest BCUT2D eigenvalue weighted by molar-refractivity contribution is 7.99. The van der Waals surface area contributed by atoms with Crippen molar-refractivity contribution in [3.8, 4) is 11.5 Å². The van der Waals surface area contributed by atoms with Gasteiger partial charge >= 0.3 is 0 Å². The number of aromatic nitrogens is 3. The Morgan fingerprint density at radius 1 is 1.14 bits per heavy atom. The van der Waals surface area contributed by atoms with Crippen molar-refractivity contribution in [3.63, 3.8) is 0 Å². The van der Waals surface area contributed by atoms with E-state index >= 15 is 0 Å². The predicted molar refractivity (Wildman–Crippen MR) is 113 cm³/mol. The quantitative estimate of drug-likeness (QED) is 0.710. The zero-order chi connectivity index (χ0) is 19.8. The number of fused-ring (bicyclic) bond motifs is 2. The fraction of sp³-hybridized carbons (Fsp3) is 0.350. The largest absolute Gasteiger partial charge is 0.486 e. The van der Waals surface area contributed by atoms with Crippen LogP contribution in [0.2, 0.25) is 0 Å². The van der Waals surface area contributed by atoms with Crippen molar-refractivity contribution in [2.45, 2.75) is 6.92 Å². The van der Waals surface area contributed by atoms with Crippen molar-refractivity contribution in [1.82, 2.24) is 14.6 Å². The standard InChI is InChI=1S/C20H21N5O3S/c1-13-12-25-16(19(21-13)24-4-8-29-9-5-24)11-15(23-25)20(26)22-14-2-3-17-18(10-14)28-7-6-27-17/h2-3,10-12H,4-9H2,1H3,(H,22,26). The third-order valence-electron chi connectivity index (χ3n) is 4.90. The molecule has 2 aliphatic rings. The summed E-state index contributed by atoms with van der Waals surface area (Å²) in [5.41, 5.74) is 2.70. The average molecular weight is 411 g/mol. The van der Waals surface area contributed by atoms with Gasteiger partial charge in [-0.1, -0.05) is 0 Å². The van der Waals surface area contributed by atoms with Gasteiger partial charge in [0.25, 0.3) is 5.91 Å². The first-order chi connectivity index (χ1) is 14.2. The van der Waals surface area contributed by atoms with Crippen LogP contribution in [0.4, 0.5) is 11.5 Å². The first-order valence-corrected chi connectivity index (χ1v) is 10.7. The highest BCUT2D eigenvalue weighted by Gasteiger charge is 2.20. The van der Waals surface area contributed by atoms with Crippen molar-refractivity contribution >= 4 is 34.7 Å². The number of aryl methyl sites for hydroxylation is 1. The molecule has 4 heterocycles. The summed E-state index contributed by atoms with van der Waals surface area (Å²) < 4.78 is 12.9. The van der Waals surface area contributed by atoms with Gasteiger partial charge < -0.3 is 19.7 Å². The Hall–Kier alpha value is -2.94. The van der Waals surface area contributed by atoms with Crippen LogP contribution in [0.15, 0.2) is 30.5 Å². The van der Waals surface area contributed by atoms with Crippen molar-refractivity contribution < 1.29 is 14.3 Å². The molecule has 2 aromatic heterocycles. The second kappa shape index (κ2) is 7.47. The maximum absolute atomic E-state index is 12.8. The predicted octanol–water partition coefficient (Wildman–Crippen LogP) is 2.61. The van der Waals surface area contributed by atoms with Gasteiger partial charge in [0.1, 0.15) is 18.7 Å². The van der Waals surface area contributed by atoms with Gasteiger partial charge in [-0.3, -0.25) is 4.79 Å². The Morgan fingerprint density at radius 2 is 1.93 bits per heavy atom. The number of hydrogen-bond donors (Lipinski definition) is 1. The molecule has 1 aromatic carbocycles. The smallest absolute Gasteiger partial charge is 0.276 e. The van der Waals surface area contributed by atoms with Gasteiger partial charge in [-0.05, 0) is 19.1 Å². The zero-order valence-corrected chi connectivity index (χ0v) is 16.9. The molecule has 2 aliphatic heterocycles. The molecule has 0 radical (unpaired) electrons. The average Bonchev–Trinajstić information content (AvgIpc) is 3.18. The summed E-state index contributed by atoms with van der Waals surface area (Å²) >= 11 is 1.95. The molecular weight excluding hydrogens is 390 g/mol. The van der Waals surface area contributed by atoms with Gasteiger partial charge in [0.15, 0.2) is 23.0 Å². The van der Waals surface area contributed by atoms with Gasteiger partial charge in [0.2, 0.25) is 0 Å². The number of thioether (sulfide) groups is 1. The molecule has 0 spiro atoms. The van der Waals surface area contributed by atoms with Crippen molar-refractivity contribution in [3.05, 3.63) is 41.9 Å². The van der Waals surface area contributed by atoms with E-state index in [1.54, 1.807) is 28.8 Å². The third-order valence-corrected chi connectivity index (χ3v) is 5.84. The molecule has 9 heteroatoms. The van der Waals surface area contributed by atoms with Crippen LogP contribution in [0.25, 0.3) is 5.52 Å². The van der Waals surface area contributed by atoms with E-state index in [0.717, 1.165) is 41.6 Å². The number of rotatable bonds is 3. The molecule has 5 rings (SSSR count). The van der Waals surface area contributed by atoms with Gasteiger partial charge in [-0.25, -0.2) is 9.50 Å². The number of benzene rings is 1. The molecule has 0 atom stereocenters. The summed E-state index contributed by atoms with van der Waals surface area (Å²) in [6.45, 7) is 4.87. The summed E-state index contributed by atoms with van der Waals surface area (Å²) in [6.07, 6.45) is 1.85. The molecule has 0 unspecified atom stereocenters. The fourth-order valence-corrected chi connectivity index (χ4v) is 4.43. The van der Waals surface area contributed by atoms with Gasteiger partial charge in [-0.15, -0.1) is 0 Å². The maximum Gasteiger partial charge on any atom is 0.276 e. The van der Waals surface area contributed by atoms with Crippen LogP contribution in [0.1, 0.15) is 16.2 Å². The Morgan fingerprint density at radius 3 is 2.76 bits per heavy atom. The summed E-state index contributed by atoms with van der Waals surface area (Å²) in [6, 6.07) is 7.17. The zero-order valence-electron chi connectivity index (χ0n) is 16.1. The first kappa shape index (κ1) is 18.1. The molecule has 150 valence electrons. The number of amides is 1. The van der Waals surface area contributed by atoms with E-state index in [0.29, 0.717) is 36.1 Å². The highest BCUT2D eigenvalue weighted by Crippen LogP contribution is 2.33. The minimum absolute atomic E-state index is 0.275. The van der Waals surface area contributed by atoms with E-state index in [1.165, 1.54) is 0 Å². The molecule has 3 aromatic rings. The minimum atomic E-state index is -0.275. The highest BCUT2D eigenvalue weighted by atomic mass is 32.2. The molecule has 1 N–H and O–H groups in total. The van der Waals surface area contributed by atoms with E-state index in [9.17, 15) is 4.79 Å². The number of ether oxygens (including phenoxy) is 2. The Kier molecular flexibility index (Phi) is 4.67. The lowest BCUT2D eigenvalue weighted by Gasteiger charge is -2.28. The van der Waals surface area contributed by atoms with E-state index in [-0.39, 0.29) is 5.91 Å². The summed E-state index contributed by atoms with van der Waals surface area (Å²) in [4.78, 5) is 19.8. The Labute approximate surface area is 172 Å². The van der Waals surface area contributed by atoms with E-state index in [2.05, 4.69) is 15.3 Å². The van der Waals surface area contributed by atoms with E-state index in [1.807, 2.05) is 24.9 Å². The van der Waals surface area contributed by atoms with Gasteiger partial charge in [0, 0.05) is 42.4 Å². The van der Waals surface area contributed by atoms with Crippen LogP contribution in [-0.4, -0.2) is 58.3 Å². The van der Waals surface area contributed by atoms with Crippen molar-refractivity contribution in [2.24, 2.45) is 0 Å². The maximum atomic E-state index is 12.8. The van der Waals surface area contributed by atoms with Gasteiger partial charge in [0.05, 0.1) is 11.9 Å². The molecule has 8 nitrogen and oxygen atoms in total. The SMILES string of the molecule is Cc1cn2nc(C(=O)Nc3ccc4c(c3)OCCO4)cc2c(N2CCSCC2)n1. The van der Waals surface area contributed by atoms with Gasteiger partial charge in [-0.2, -0.15) is 16.9 Å². The molecular formula is C20H21N5O3S. The number of carbonyl (C=O) groups excluding carboxylic acids is 1. The molecule has 1 fully saturated rings. The fourth-order valence-electron chi connectivity index (χ4n) is 3.53. The number of anilines is 2. The third kappa shape index (κ3) is 3.57. The minimum Gasteiger partial charge on any atom is -0.486 e. The monoisotopic (exact) mass is 411 g/mol. The molecule has 0 saturated carbocycles. The van der Waals surface area contributed by atoms with Crippen LogP contribution in [-0.2, 0) is 0 Å². The van der Waals surface area contributed by atoms with E-state index in [4.69, 9.17) is 14.5 Å². The molecule has 1 saturated heterocycles. The Bertz CT molecular complexity index is 1080. The van der Waals surface area contributed by atoms with Crippen LogP contribution < -0.4 is 19.7 Å². The van der Waals surface area contributed by atoms with E-state index < -0.39 is 0 Å². The number of hydrogen-bond acceptors (Lipinski definition) is 7. The second-order valence-electron chi connectivity index (χ2n) is 6.98. The normalized spacial score (nSPS) is 16.1. The van der Waals surface area contributed by atoms with Crippen LogP contribution >= 0.6 is 11.8 Å². The second-order valence-corrected chi connectivity index (χ2v) is 8.20. The van der Waals surface area contributed by atoms with Crippen LogP contribution in [0.3, 0.4) is 0 Å². The number of carbonyl (C=O) groups is 1. The molecule has 1 amide bonds. The number of nitrogens with one attached hydrogen (secondary N) is 1. The summed E-state index contributed by atoms with van der Waals surface area (Å²) in [5.74, 6) is 4.09. The molecule has 0 bridgehead atoms. The summed E-state index contributed by atoms with van der Waals surface area (Å²) in [5, 5.41) is 7.38. The lowest BCUT2D eigenvalue weighted by Crippen LogP contribution is -2.33. The topological polar surface area (TPSA) is 81.0 Å². The number of nitrogens with zero attached hydrogens (tertiary/aromatic N) is 4. The van der Waals surface area contributed by atoms with Crippen molar-refractivity contribution in [1.29, 1.82) is 0 Å². The first-order valence-electron chi connectivity index (χ1n) is 9.58. The lowest BCUT2D eigenvalue weighted by atomic mass is 10.2. The van der Waals surface area contributed by atoms with Crippen LogP contribution in [0, 0.1) is 6.92 Å². The van der Waals surface area contributed by atoms with Crippen molar-refractivity contribution in [2.75, 3.05) is 48.0 Å². The Balaban J connectivity index is 1.43.